The van der Waals surface area contributed by atoms with Crippen LogP contribution in [0.1, 0.15) is 13.8 Å². The van der Waals surface area contributed by atoms with Gasteiger partial charge in [-0.15, -0.1) is 0 Å². The maximum absolute atomic E-state index is 5.00. The molecule has 0 fully saturated rings. The molecule has 0 saturated carbocycles. The monoisotopic (exact) mass is 267 g/mol. The molecule has 0 aliphatic heterocycles. The summed E-state index contributed by atoms with van der Waals surface area (Å²) in [5.74, 6) is 0. The first kappa shape index (κ1) is 13.3. The first-order valence-electron chi connectivity index (χ1n) is 2.61. The molecule has 0 amide bonds. The normalized spacial score (nSPS) is 7.67. The van der Waals surface area contributed by atoms with Gasteiger partial charge in [-0.2, -0.15) is 13.1 Å². The summed E-state index contributed by atoms with van der Waals surface area (Å²) < 4.78 is 0. The van der Waals surface area contributed by atoms with E-state index in [0.717, 1.165) is 13.1 Å². The van der Waals surface area contributed by atoms with Crippen molar-refractivity contribution in [3.05, 3.63) is 5.32 Å². The molecule has 0 unspecified atom stereocenters. The Balaban J connectivity index is 0. The van der Waals surface area contributed by atoms with Gasteiger partial charge in [0.1, 0.15) is 0 Å². The summed E-state index contributed by atoms with van der Waals surface area (Å²) in [5, 5.41) is 3.97. The van der Waals surface area contributed by atoms with Crippen molar-refractivity contribution in [1.29, 1.82) is 0 Å². The molecule has 0 rings (SSSR count). The molecule has 0 N–H and O–H groups in total. The van der Waals surface area contributed by atoms with Gasteiger partial charge in [-0.25, -0.2) is 0 Å². The standard InChI is InChI=1S/C4H10N.3ClH.Zr/c1-3-5-4-2;;;;/h3-4H2,1-2H3;3*1H;/q-1;;;;+3/p-3. The Hall–Kier alpha value is 1.71. The molecule has 9 heavy (non-hydrogen) atoms. The fraction of sp³-hybridized carbons (Fsp3) is 1.00. The van der Waals surface area contributed by atoms with Gasteiger partial charge >= 0.3 is 43.7 Å². The number of hydrogen-bond acceptors (Lipinski definition) is 0. The predicted molar refractivity (Wildman–Crippen MR) is 42.0 cm³/mol. The summed E-state index contributed by atoms with van der Waals surface area (Å²) in [7, 11) is 15.0. The Bertz CT molecular complexity index is 40.0. The average molecular weight is 270 g/mol. The maximum atomic E-state index is 5.00. The zero-order valence-corrected chi connectivity index (χ0v) is 10.2. The molecule has 5 heteroatoms. The van der Waals surface area contributed by atoms with Gasteiger partial charge in [0.15, 0.2) is 0 Å². The van der Waals surface area contributed by atoms with Crippen LogP contribution in [0.5, 0.6) is 0 Å². The number of rotatable bonds is 2. The summed E-state index contributed by atoms with van der Waals surface area (Å²) in [6.07, 6.45) is 0. The fourth-order valence-electron chi connectivity index (χ4n) is 0.224. The van der Waals surface area contributed by atoms with Gasteiger partial charge < -0.3 is 5.32 Å². The molecule has 0 heterocycles. The van der Waals surface area contributed by atoms with Gasteiger partial charge in [0.25, 0.3) is 0 Å². The van der Waals surface area contributed by atoms with Crippen LogP contribution in [-0.4, -0.2) is 13.1 Å². The van der Waals surface area contributed by atoms with Crippen LogP contribution >= 0.6 is 25.5 Å². The molecule has 0 aromatic carbocycles. The third-order valence-corrected chi connectivity index (χ3v) is 0.447. The van der Waals surface area contributed by atoms with E-state index in [1.807, 2.05) is 13.8 Å². The van der Waals surface area contributed by atoms with Crippen molar-refractivity contribution in [3.8, 4) is 0 Å². The SMILES string of the molecule is CC[N-]CC.[Cl][Zr]([Cl])[Cl]. The van der Waals surface area contributed by atoms with Crippen LogP contribution in [0.3, 0.4) is 0 Å². The van der Waals surface area contributed by atoms with Crippen molar-refractivity contribution < 1.29 is 18.2 Å². The molecular weight excluding hydrogens is 260 g/mol. The van der Waals surface area contributed by atoms with E-state index < -0.39 is 18.2 Å². The minimum absolute atomic E-state index is 0.969. The molecule has 0 atom stereocenters. The summed E-state index contributed by atoms with van der Waals surface area (Å²) in [6.45, 7) is 6.03. The van der Waals surface area contributed by atoms with E-state index in [-0.39, 0.29) is 0 Å². The summed E-state index contributed by atoms with van der Waals surface area (Å²) in [6, 6.07) is 0. The third-order valence-electron chi connectivity index (χ3n) is 0.447. The quantitative estimate of drug-likeness (QED) is 0.729. The third kappa shape index (κ3) is 41.9. The van der Waals surface area contributed by atoms with E-state index in [1.165, 1.54) is 0 Å². The fourth-order valence-corrected chi connectivity index (χ4v) is 0.224. The van der Waals surface area contributed by atoms with Crippen molar-refractivity contribution in [2.24, 2.45) is 0 Å². The van der Waals surface area contributed by atoms with E-state index >= 15 is 0 Å². The van der Waals surface area contributed by atoms with E-state index in [2.05, 4.69) is 5.32 Å². The van der Waals surface area contributed by atoms with Crippen LogP contribution in [-0.2, 0) is 18.2 Å². The Morgan fingerprint density at radius 1 is 1.11 bits per heavy atom. The van der Waals surface area contributed by atoms with E-state index in [1.54, 1.807) is 0 Å². The second-order valence-corrected chi connectivity index (χ2v) is 12.3. The van der Waals surface area contributed by atoms with E-state index in [9.17, 15) is 0 Å². The first-order valence-corrected chi connectivity index (χ1v) is 12.1. The van der Waals surface area contributed by atoms with Crippen molar-refractivity contribution in [1.82, 2.24) is 0 Å². The summed E-state index contributed by atoms with van der Waals surface area (Å²) >= 11 is -2.13. The summed E-state index contributed by atoms with van der Waals surface area (Å²) in [4.78, 5) is 0. The van der Waals surface area contributed by atoms with Crippen molar-refractivity contribution in [2.45, 2.75) is 13.8 Å². The van der Waals surface area contributed by atoms with Crippen LogP contribution in [0.4, 0.5) is 0 Å². The molecular formula is C4H10Cl3NZr-. The molecule has 0 radical (unpaired) electrons. The molecule has 1 nitrogen and oxygen atoms in total. The van der Waals surface area contributed by atoms with Crippen molar-refractivity contribution >= 4 is 25.5 Å². The van der Waals surface area contributed by atoms with Crippen LogP contribution in [0.15, 0.2) is 0 Å². The van der Waals surface area contributed by atoms with Crippen molar-refractivity contribution in [2.75, 3.05) is 13.1 Å². The molecule has 0 aliphatic carbocycles. The zero-order chi connectivity index (χ0) is 7.70. The second-order valence-electron chi connectivity index (χ2n) is 1.07. The van der Waals surface area contributed by atoms with Crippen LogP contribution in [0.25, 0.3) is 5.32 Å². The van der Waals surface area contributed by atoms with E-state index in [4.69, 9.17) is 25.5 Å². The summed E-state index contributed by atoms with van der Waals surface area (Å²) in [5.41, 5.74) is 0. The van der Waals surface area contributed by atoms with Gasteiger partial charge in [-0.1, -0.05) is 13.8 Å². The molecule has 0 aromatic rings. The molecule has 57 valence electrons. The van der Waals surface area contributed by atoms with Gasteiger partial charge in [-0.3, -0.25) is 0 Å². The second kappa shape index (κ2) is 12.4. The minimum atomic E-state index is -2.13. The molecule has 0 aliphatic rings. The Kier molecular flexibility index (Phi) is 18.3. The number of hydrogen-bond donors (Lipinski definition) is 0. The zero-order valence-electron chi connectivity index (χ0n) is 5.50. The van der Waals surface area contributed by atoms with Gasteiger partial charge in [0.2, 0.25) is 0 Å². The van der Waals surface area contributed by atoms with Crippen molar-refractivity contribution in [3.63, 3.8) is 0 Å². The van der Waals surface area contributed by atoms with Gasteiger partial charge in [-0.05, 0) is 0 Å². The van der Waals surface area contributed by atoms with Gasteiger partial charge in [0, 0.05) is 0 Å². The topological polar surface area (TPSA) is 14.1 Å². The van der Waals surface area contributed by atoms with Crippen LogP contribution in [0, 0.1) is 0 Å². The Morgan fingerprint density at radius 2 is 1.33 bits per heavy atom. The average Bonchev–Trinajstić information content (AvgIpc) is 1.66. The number of halogens is 3. The molecule has 0 spiro atoms. The predicted octanol–water partition coefficient (Wildman–Crippen LogP) is 3.47. The van der Waals surface area contributed by atoms with Crippen LogP contribution < -0.4 is 0 Å². The van der Waals surface area contributed by atoms with E-state index in [0.29, 0.717) is 0 Å². The molecule has 0 bridgehead atoms. The first-order chi connectivity index (χ1) is 4.15. The molecule has 0 saturated heterocycles. The van der Waals surface area contributed by atoms with Gasteiger partial charge in [0.05, 0.1) is 0 Å². The Morgan fingerprint density at radius 3 is 1.33 bits per heavy atom. The Labute approximate surface area is 75.4 Å². The van der Waals surface area contributed by atoms with Crippen LogP contribution in [0.2, 0.25) is 0 Å². The number of nitrogens with zero attached hydrogens (tertiary/aromatic N) is 1. The molecule has 0 aromatic heterocycles.